The summed E-state index contributed by atoms with van der Waals surface area (Å²) in [5, 5.41) is 2.90. The third-order valence-corrected chi connectivity index (χ3v) is 9.21. The molecule has 2 N–H and O–H groups in total. The maximum absolute atomic E-state index is 13.8. The van der Waals surface area contributed by atoms with Gasteiger partial charge in [0.15, 0.2) is 11.2 Å². The predicted octanol–water partition coefficient (Wildman–Crippen LogP) is 5.50. The normalized spacial score (nSPS) is 23.5. The number of nitrogens with zero attached hydrogens (tertiary/aromatic N) is 2. The van der Waals surface area contributed by atoms with Crippen molar-refractivity contribution in [2.45, 2.75) is 118 Å². The van der Waals surface area contributed by atoms with Crippen molar-refractivity contribution >= 4 is 23.4 Å². The van der Waals surface area contributed by atoms with E-state index in [9.17, 15) is 19.2 Å². The van der Waals surface area contributed by atoms with Crippen molar-refractivity contribution < 1.29 is 19.1 Å². The summed E-state index contributed by atoms with van der Waals surface area (Å²) in [4.78, 5) is 57.0. The van der Waals surface area contributed by atoms with Crippen LogP contribution in [0.15, 0.2) is 29.5 Å². The molecule has 1 aliphatic heterocycles. The molecule has 0 radical (unpaired) electrons. The molecular formula is C33H50N4O5. The molecule has 232 valence electrons. The zero-order valence-corrected chi connectivity index (χ0v) is 26.3. The molecule has 1 saturated heterocycles. The first-order chi connectivity index (χ1) is 19.9. The molecule has 0 aromatic carbocycles. The predicted molar refractivity (Wildman–Crippen MR) is 163 cm³/mol. The number of Topliss-reactive ketones (excluding diaryl/α,β-unsaturated/α-hetero) is 1. The Morgan fingerprint density at radius 1 is 1.12 bits per heavy atom. The highest BCUT2D eigenvalue weighted by molar-refractivity contribution is 5.94. The zero-order valence-electron chi connectivity index (χ0n) is 26.3. The lowest BCUT2D eigenvalue weighted by Gasteiger charge is -2.36. The highest BCUT2D eigenvalue weighted by Gasteiger charge is 2.45. The van der Waals surface area contributed by atoms with Gasteiger partial charge < -0.3 is 24.3 Å². The summed E-state index contributed by atoms with van der Waals surface area (Å²) in [5.74, 6) is 0.106. The van der Waals surface area contributed by atoms with Crippen molar-refractivity contribution in [3.05, 3.63) is 40.4 Å². The van der Waals surface area contributed by atoms with Crippen LogP contribution in [0.1, 0.15) is 98.5 Å². The van der Waals surface area contributed by atoms with Gasteiger partial charge in [0.05, 0.1) is 6.04 Å². The van der Waals surface area contributed by atoms with Crippen LogP contribution in [0.4, 0.5) is 4.79 Å². The van der Waals surface area contributed by atoms with E-state index < -0.39 is 23.6 Å². The van der Waals surface area contributed by atoms with Gasteiger partial charge in [-0.1, -0.05) is 54.4 Å². The highest BCUT2D eigenvalue weighted by Crippen LogP contribution is 2.34. The number of unbranched alkanes of at least 4 members (excludes halogenated alkanes) is 2. The van der Waals surface area contributed by atoms with E-state index in [4.69, 9.17) is 4.74 Å². The molecule has 0 bridgehead atoms. The summed E-state index contributed by atoms with van der Waals surface area (Å²) in [5.41, 5.74) is 1.16. The van der Waals surface area contributed by atoms with Crippen molar-refractivity contribution in [1.29, 1.82) is 0 Å². The molecule has 2 aliphatic rings. The van der Waals surface area contributed by atoms with E-state index in [1.807, 2.05) is 64.5 Å². The van der Waals surface area contributed by atoms with Gasteiger partial charge in [0.25, 0.3) is 0 Å². The molecule has 5 atom stereocenters. The first-order valence-corrected chi connectivity index (χ1v) is 15.9. The second-order valence-electron chi connectivity index (χ2n) is 13.9. The number of hydrogen-bond donors (Lipinski definition) is 2. The minimum absolute atomic E-state index is 0.0704. The Morgan fingerprint density at radius 3 is 2.60 bits per heavy atom. The third kappa shape index (κ3) is 7.45. The van der Waals surface area contributed by atoms with Crippen molar-refractivity contribution in [1.82, 2.24) is 19.6 Å². The Hall–Kier alpha value is -3.10. The molecule has 1 unspecified atom stereocenters. The lowest BCUT2D eigenvalue weighted by atomic mass is 9.85. The van der Waals surface area contributed by atoms with Gasteiger partial charge >= 0.3 is 6.09 Å². The molecule has 0 spiro atoms. The van der Waals surface area contributed by atoms with Crippen molar-refractivity contribution in [3.63, 3.8) is 0 Å². The number of H-pyrrole nitrogens is 1. The number of rotatable bonds is 11. The first kappa shape index (κ1) is 31.8. The van der Waals surface area contributed by atoms with E-state index in [-0.39, 0.29) is 35.1 Å². The Bertz CT molecular complexity index is 1310. The summed E-state index contributed by atoms with van der Waals surface area (Å²) < 4.78 is 7.88. The molecule has 1 saturated carbocycles. The minimum Gasteiger partial charge on any atom is -0.446 e. The van der Waals surface area contributed by atoms with Crippen LogP contribution in [-0.2, 0) is 20.7 Å². The van der Waals surface area contributed by atoms with Gasteiger partial charge in [0.1, 0.15) is 17.8 Å². The number of pyridine rings is 1. The fourth-order valence-electron chi connectivity index (χ4n) is 6.68. The van der Waals surface area contributed by atoms with Crippen LogP contribution in [0.25, 0.3) is 5.65 Å². The topological polar surface area (TPSA) is 113 Å². The van der Waals surface area contributed by atoms with Crippen molar-refractivity contribution in [3.8, 4) is 0 Å². The number of nitrogens with one attached hydrogen (secondary N) is 2. The van der Waals surface area contributed by atoms with E-state index in [2.05, 4.69) is 10.3 Å². The van der Waals surface area contributed by atoms with Crippen LogP contribution in [-0.4, -0.2) is 56.8 Å². The highest BCUT2D eigenvalue weighted by atomic mass is 16.6. The molecule has 1 aliphatic carbocycles. The monoisotopic (exact) mass is 582 g/mol. The summed E-state index contributed by atoms with van der Waals surface area (Å²) in [6.07, 6.45) is 13.3. The van der Waals surface area contributed by atoms with E-state index in [1.54, 1.807) is 11.0 Å². The average molecular weight is 583 g/mol. The number of ether oxygens (including phenoxy) is 1. The number of aromatic nitrogens is 2. The number of carbonyl (C=O) groups is 3. The fourth-order valence-corrected chi connectivity index (χ4v) is 6.68. The Balaban J connectivity index is 1.28. The maximum Gasteiger partial charge on any atom is 0.408 e. The Morgan fingerprint density at radius 2 is 1.88 bits per heavy atom. The van der Waals surface area contributed by atoms with Gasteiger partial charge in [-0.3, -0.25) is 14.4 Å². The van der Waals surface area contributed by atoms with Crippen LogP contribution < -0.4 is 10.7 Å². The van der Waals surface area contributed by atoms with Crippen molar-refractivity contribution in [2.24, 2.45) is 23.2 Å². The van der Waals surface area contributed by atoms with Gasteiger partial charge in [0.2, 0.25) is 5.91 Å². The lowest BCUT2D eigenvalue weighted by Crippen LogP contribution is -2.57. The number of aryl methyl sites for hydroxylation is 1. The number of hydrogen-bond acceptors (Lipinski definition) is 5. The number of aromatic amines is 1. The van der Waals surface area contributed by atoms with Gasteiger partial charge in [-0.05, 0) is 62.2 Å². The van der Waals surface area contributed by atoms with E-state index in [1.165, 1.54) is 0 Å². The molecule has 2 fully saturated rings. The second kappa shape index (κ2) is 13.5. The minimum atomic E-state index is -0.785. The van der Waals surface area contributed by atoms with Crippen LogP contribution in [0, 0.1) is 23.2 Å². The molecule has 2 aromatic rings. The van der Waals surface area contributed by atoms with Crippen LogP contribution in [0.2, 0.25) is 0 Å². The molecule has 4 rings (SSSR count). The number of likely N-dealkylation sites (tertiary alicyclic amines) is 1. The van der Waals surface area contributed by atoms with Crippen LogP contribution >= 0.6 is 0 Å². The van der Waals surface area contributed by atoms with E-state index >= 15 is 0 Å². The Kier molecular flexibility index (Phi) is 10.2. The number of carbonyl (C=O) groups excluding carboxylic acids is 3. The first-order valence-electron chi connectivity index (χ1n) is 15.9. The molecule has 42 heavy (non-hydrogen) atoms. The fraction of sp³-hybridized carbons (Fsp3) is 0.697. The van der Waals surface area contributed by atoms with Gasteiger partial charge in [-0.2, -0.15) is 0 Å². The molecule has 2 aromatic heterocycles. The molecule has 3 heterocycles. The largest absolute Gasteiger partial charge is 0.446 e. The van der Waals surface area contributed by atoms with Gasteiger partial charge in [-0.15, -0.1) is 0 Å². The molecule has 9 nitrogen and oxygen atoms in total. The standard InChI is InChI=1S/C33H50N4O5/c1-21(2)29(39)28-22(3)15-17-37(28)31(40)30(33(4,5)6)35-32(41)42-26-14-10-13-23(26)11-8-7-9-12-24-20-36-18-16-34-27(36)19-25(24)38/h16,18-23,26,28,30,34H,7-15,17H2,1-6H3,(H,35,41)/t22-,23-,26?,28+,30-/m1/s1. The molecular weight excluding hydrogens is 532 g/mol. The zero-order chi connectivity index (χ0) is 30.6. The number of fused-ring (bicyclic) bond motifs is 1. The van der Waals surface area contributed by atoms with Gasteiger partial charge in [0, 0.05) is 42.7 Å². The number of imidazole rings is 1. The number of ketones is 1. The van der Waals surface area contributed by atoms with Crippen LogP contribution in [0.5, 0.6) is 0 Å². The SMILES string of the molecule is CC(C)C(=O)[C@@H]1[C@H](C)CCN1C(=O)[C@@H](NC(=O)OC1CCC[C@H]1CCCCCc1cn2cc[nH]c2cc1=O)C(C)(C)C. The second-order valence-corrected chi connectivity index (χ2v) is 13.9. The lowest BCUT2D eigenvalue weighted by molar-refractivity contribution is -0.143. The number of alkyl carbamates (subject to hydrolysis) is 1. The molecule has 9 heteroatoms. The van der Waals surface area contributed by atoms with E-state index in [0.29, 0.717) is 12.5 Å². The van der Waals surface area contributed by atoms with E-state index in [0.717, 1.165) is 69.0 Å². The number of amides is 2. The van der Waals surface area contributed by atoms with Crippen molar-refractivity contribution in [2.75, 3.05) is 6.54 Å². The molecule has 2 amide bonds. The summed E-state index contributed by atoms with van der Waals surface area (Å²) in [6, 6.07) is 0.412. The maximum atomic E-state index is 13.8. The smallest absolute Gasteiger partial charge is 0.408 e. The van der Waals surface area contributed by atoms with Gasteiger partial charge in [-0.25, -0.2) is 4.79 Å². The van der Waals surface area contributed by atoms with Crippen LogP contribution in [0.3, 0.4) is 0 Å². The summed E-state index contributed by atoms with van der Waals surface area (Å²) >= 11 is 0. The average Bonchev–Trinajstić information content (AvgIpc) is 3.65. The Labute approximate surface area is 249 Å². The summed E-state index contributed by atoms with van der Waals surface area (Å²) in [6.45, 7) is 12.1. The summed E-state index contributed by atoms with van der Waals surface area (Å²) in [7, 11) is 0. The quantitative estimate of drug-likeness (QED) is 0.340. The third-order valence-electron chi connectivity index (χ3n) is 9.21.